The van der Waals surface area contributed by atoms with Gasteiger partial charge in [-0.2, -0.15) is 15.0 Å². The molecule has 0 aliphatic heterocycles. The zero-order valence-corrected chi connectivity index (χ0v) is 11.8. The molecule has 1 aromatic rings. The largest absolute Gasteiger partial charge is 0.461 e. The third kappa shape index (κ3) is 5.50. The van der Waals surface area contributed by atoms with Crippen LogP contribution in [0.5, 0.6) is 6.01 Å². The van der Waals surface area contributed by atoms with Gasteiger partial charge in [0.2, 0.25) is 5.95 Å². The van der Waals surface area contributed by atoms with E-state index in [0.29, 0.717) is 22.9 Å². The number of thioether (sulfide) groups is 1. The Bertz CT molecular complexity index is 337. The second-order valence-electron chi connectivity index (χ2n) is 3.89. The zero-order chi connectivity index (χ0) is 13.4. The van der Waals surface area contributed by atoms with Crippen molar-refractivity contribution in [3.05, 3.63) is 0 Å². The van der Waals surface area contributed by atoms with Gasteiger partial charge in [-0.3, -0.25) is 0 Å². The van der Waals surface area contributed by atoms with Crippen molar-refractivity contribution in [3.63, 3.8) is 0 Å². The van der Waals surface area contributed by atoms with Gasteiger partial charge in [0.15, 0.2) is 5.16 Å². The Kier molecular flexibility index (Phi) is 6.74. The molecule has 102 valence electrons. The predicted octanol–water partition coefficient (Wildman–Crippen LogP) is 1.57. The Morgan fingerprint density at radius 3 is 2.72 bits per heavy atom. The molecule has 2 N–H and O–H groups in total. The van der Waals surface area contributed by atoms with Crippen molar-refractivity contribution in [2.24, 2.45) is 0 Å². The molecule has 6 nitrogen and oxygen atoms in total. The quantitative estimate of drug-likeness (QED) is 0.695. The summed E-state index contributed by atoms with van der Waals surface area (Å²) in [6.45, 7) is 6.80. The summed E-state index contributed by atoms with van der Waals surface area (Å²) in [5, 5.41) is 12.5. The number of anilines is 1. The number of nitrogens with one attached hydrogen (secondary N) is 1. The van der Waals surface area contributed by atoms with Gasteiger partial charge in [0, 0.05) is 12.3 Å². The summed E-state index contributed by atoms with van der Waals surface area (Å²) in [5.41, 5.74) is 0. The highest BCUT2D eigenvalue weighted by Crippen LogP contribution is 2.17. The molecular formula is C11H20N4O2S. The maximum Gasteiger partial charge on any atom is 0.322 e. The highest BCUT2D eigenvalue weighted by molar-refractivity contribution is 7.99. The molecule has 0 saturated carbocycles. The molecule has 0 aliphatic rings. The molecule has 1 heterocycles. The van der Waals surface area contributed by atoms with Crippen molar-refractivity contribution in [1.29, 1.82) is 0 Å². The van der Waals surface area contributed by atoms with Gasteiger partial charge in [-0.25, -0.2) is 0 Å². The van der Waals surface area contributed by atoms with Crippen LogP contribution in [0, 0.1) is 0 Å². The second kappa shape index (κ2) is 8.10. The SMILES string of the molecule is CCCNc1nc(OC(C)C)nc(SCCO)n1. The zero-order valence-electron chi connectivity index (χ0n) is 11.0. The average Bonchev–Trinajstić information content (AvgIpc) is 2.33. The maximum absolute atomic E-state index is 8.81. The molecule has 1 rings (SSSR count). The van der Waals surface area contributed by atoms with E-state index in [9.17, 15) is 0 Å². The summed E-state index contributed by atoms with van der Waals surface area (Å²) in [7, 11) is 0. The fourth-order valence-corrected chi connectivity index (χ4v) is 1.69. The van der Waals surface area contributed by atoms with E-state index in [1.165, 1.54) is 11.8 Å². The molecule has 0 fully saturated rings. The molecule has 0 saturated heterocycles. The standard InChI is InChI=1S/C11H20N4O2S/c1-4-5-12-9-13-10(17-8(2)3)15-11(14-9)18-7-6-16/h8,16H,4-7H2,1-3H3,(H,12,13,14,15). The van der Waals surface area contributed by atoms with Gasteiger partial charge < -0.3 is 15.2 Å². The Morgan fingerprint density at radius 2 is 2.11 bits per heavy atom. The van der Waals surface area contributed by atoms with E-state index in [-0.39, 0.29) is 12.7 Å². The van der Waals surface area contributed by atoms with Crippen molar-refractivity contribution >= 4 is 17.7 Å². The summed E-state index contributed by atoms with van der Waals surface area (Å²) >= 11 is 1.38. The van der Waals surface area contributed by atoms with Gasteiger partial charge in [0.05, 0.1) is 12.7 Å². The third-order valence-electron chi connectivity index (χ3n) is 1.79. The molecular weight excluding hydrogens is 252 g/mol. The number of ether oxygens (including phenoxy) is 1. The van der Waals surface area contributed by atoms with Crippen molar-refractivity contribution in [2.75, 3.05) is 24.2 Å². The molecule has 0 radical (unpaired) electrons. The highest BCUT2D eigenvalue weighted by Gasteiger charge is 2.09. The fourth-order valence-electron chi connectivity index (χ4n) is 1.12. The lowest BCUT2D eigenvalue weighted by Gasteiger charge is -2.10. The molecule has 0 bridgehead atoms. The number of nitrogens with zero attached hydrogens (tertiary/aromatic N) is 3. The van der Waals surface area contributed by atoms with Gasteiger partial charge in [0.1, 0.15) is 0 Å². The van der Waals surface area contributed by atoms with Crippen molar-refractivity contribution in [1.82, 2.24) is 15.0 Å². The third-order valence-corrected chi connectivity index (χ3v) is 2.62. The second-order valence-corrected chi connectivity index (χ2v) is 4.95. The van der Waals surface area contributed by atoms with Crippen LogP contribution < -0.4 is 10.1 Å². The Balaban J connectivity index is 2.81. The minimum absolute atomic E-state index is 0.0158. The number of hydrogen-bond acceptors (Lipinski definition) is 7. The van der Waals surface area contributed by atoms with Gasteiger partial charge in [-0.1, -0.05) is 18.7 Å². The normalized spacial score (nSPS) is 10.7. The van der Waals surface area contributed by atoms with Crippen molar-refractivity contribution in [3.8, 4) is 6.01 Å². The summed E-state index contributed by atoms with van der Waals surface area (Å²) in [6, 6.07) is 0.319. The number of aliphatic hydroxyl groups is 1. The molecule has 0 unspecified atom stereocenters. The van der Waals surface area contributed by atoms with E-state index in [4.69, 9.17) is 9.84 Å². The van der Waals surface area contributed by atoms with E-state index in [0.717, 1.165) is 13.0 Å². The van der Waals surface area contributed by atoms with E-state index >= 15 is 0 Å². The van der Waals surface area contributed by atoms with E-state index in [1.807, 2.05) is 13.8 Å². The van der Waals surface area contributed by atoms with Crippen LogP contribution in [-0.2, 0) is 0 Å². The highest BCUT2D eigenvalue weighted by atomic mass is 32.2. The molecule has 1 aromatic heterocycles. The van der Waals surface area contributed by atoms with Crippen LogP contribution in [0.4, 0.5) is 5.95 Å². The number of aromatic nitrogens is 3. The van der Waals surface area contributed by atoms with Gasteiger partial charge >= 0.3 is 6.01 Å². The predicted molar refractivity (Wildman–Crippen MR) is 72.2 cm³/mol. The van der Waals surface area contributed by atoms with Crippen molar-refractivity contribution in [2.45, 2.75) is 38.5 Å². The lowest BCUT2D eigenvalue weighted by atomic mass is 10.5. The summed E-state index contributed by atoms with van der Waals surface area (Å²) in [4.78, 5) is 12.6. The summed E-state index contributed by atoms with van der Waals surface area (Å²) < 4.78 is 5.48. The van der Waals surface area contributed by atoms with E-state index < -0.39 is 0 Å². The van der Waals surface area contributed by atoms with E-state index in [1.54, 1.807) is 0 Å². The Morgan fingerprint density at radius 1 is 1.33 bits per heavy atom. The molecule has 0 aromatic carbocycles. The van der Waals surface area contributed by atoms with Gasteiger partial charge in [-0.15, -0.1) is 0 Å². The lowest BCUT2D eigenvalue weighted by molar-refractivity contribution is 0.219. The van der Waals surface area contributed by atoms with E-state index in [2.05, 4.69) is 27.2 Å². The van der Waals surface area contributed by atoms with Gasteiger partial charge in [-0.05, 0) is 20.3 Å². The molecule has 0 aliphatic carbocycles. The smallest absolute Gasteiger partial charge is 0.322 e. The molecule has 0 amide bonds. The Hall–Kier alpha value is -1.08. The number of rotatable bonds is 8. The van der Waals surface area contributed by atoms with Crippen LogP contribution in [-0.4, -0.2) is 45.1 Å². The first kappa shape index (κ1) is 15.0. The monoisotopic (exact) mass is 272 g/mol. The number of hydrogen-bond donors (Lipinski definition) is 2. The summed E-state index contributed by atoms with van der Waals surface area (Å²) in [6.07, 6.45) is 1.01. The molecule has 0 atom stereocenters. The first-order valence-electron chi connectivity index (χ1n) is 6.06. The summed E-state index contributed by atoms with van der Waals surface area (Å²) in [5.74, 6) is 1.07. The molecule has 18 heavy (non-hydrogen) atoms. The van der Waals surface area contributed by atoms with Gasteiger partial charge in [0.25, 0.3) is 0 Å². The van der Waals surface area contributed by atoms with Crippen LogP contribution in [0.1, 0.15) is 27.2 Å². The van der Waals surface area contributed by atoms with Crippen LogP contribution in [0.3, 0.4) is 0 Å². The first-order chi connectivity index (χ1) is 8.65. The number of aliphatic hydroxyl groups excluding tert-OH is 1. The topological polar surface area (TPSA) is 80.2 Å². The molecule has 0 spiro atoms. The Labute approximate surface area is 112 Å². The average molecular weight is 272 g/mol. The minimum atomic E-state index is 0.0158. The van der Waals surface area contributed by atoms with Crippen LogP contribution in [0.25, 0.3) is 0 Å². The van der Waals surface area contributed by atoms with Crippen LogP contribution in [0.2, 0.25) is 0 Å². The first-order valence-corrected chi connectivity index (χ1v) is 7.04. The fraction of sp³-hybridized carbons (Fsp3) is 0.727. The van der Waals surface area contributed by atoms with Crippen LogP contribution >= 0.6 is 11.8 Å². The lowest BCUT2D eigenvalue weighted by Crippen LogP contribution is -2.12. The maximum atomic E-state index is 8.81. The minimum Gasteiger partial charge on any atom is -0.461 e. The van der Waals surface area contributed by atoms with Crippen LogP contribution in [0.15, 0.2) is 5.16 Å². The van der Waals surface area contributed by atoms with Crippen molar-refractivity contribution < 1.29 is 9.84 Å². The molecule has 7 heteroatoms.